The molecule has 3 aromatic rings. The quantitative estimate of drug-likeness (QED) is 0.577. The minimum absolute atomic E-state index is 0.0730. The number of sulfonamides is 1. The highest BCUT2D eigenvalue weighted by atomic mass is 32.2. The molecule has 3 heterocycles. The van der Waals surface area contributed by atoms with Gasteiger partial charge in [0.05, 0.1) is 15.6 Å². The summed E-state index contributed by atoms with van der Waals surface area (Å²) >= 11 is 1.54. The molecule has 6 nitrogen and oxygen atoms in total. The summed E-state index contributed by atoms with van der Waals surface area (Å²) in [6.45, 7) is 3.04. The molecule has 0 bridgehead atoms. The Morgan fingerprint density at radius 1 is 1.23 bits per heavy atom. The number of benzene rings is 1. The van der Waals surface area contributed by atoms with Gasteiger partial charge in [-0.05, 0) is 43.0 Å². The Labute approximate surface area is 185 Å². The van der Waals surface area contributed by atoms with Crippen molar-refractivity contribution >= 4 is 21.4 Å². The van der Waals surface area contributed by atoms with Gasteiger partial charge in [0, 0.05) is 42.7 Å². The molecule has 9 heteroatoms. The van der Waals surface area contributed by atoms with Crippen LogP contribution in [0, 0.1) is 5.82 Å². The van der Waals surface area contributed by atoms with E-state index in [0.29, 0.717) is 18.9 Å². The molecule has 0 spiro atoms. The molecule has 1 atom stereocenters. The summed E-state index contributed by atoms with van der Waals surface area (Å²) < 4.78 is 45.2. The molecule has 0 radical (unpaired) electrons. The number of hydrogen-bond donors (Lipinski definition) is 1. The predicted octanol–water partition coefficient (Wildman–Crippen LogP) is 4.64. The number of ether oxygens (including phenoxy) is 1. The molecule has 0 saturated carbocycles. The Balaban J connectivity index is 1.87. The SMILES string of the molecule is CCC(c1cccc(-c2nc(C3CCOCC3)sc2-c2ccncc2)c1F)S(N)(=O)=O. The average molecular weight is 462 g/mol. The van der Waals surface area contributed by atoms with Gasteiger partial charge in [0.25, 0.3) is 0 Å². The molecule has 31 heavy (non-hydrogen) atoms. The highest BCUT2D eigenvalue weighted by Gasteiger charge is 2.29. The van der Waals surface area contributed by atoms with Crippen molar-refractivity contribution in [3.05, 3.63) is 59.1 Å². The van der Waals surface area contributed by atoms with Crippen LogP contribution in [0.5, 0.6) is 0 Å². The highest BCUT2D eigenvalue weighted by molar-refractivity contribution is 7.89. The first-order valence-corrected chi connectivity index (χ1v) is 12.6. The van der Waals surface area contributed by atoms with Crippen LogP contribution in [0.4, 0.5) is 4.39 Å². The summed E-state index contributed by atoms with van der Waals surface area (Å²) in [6, 6.07) is 8.51. The van der Waals surface area contributed by atoms with Crippen LogP contribution in [0.2, 0.25) is 0 Å². The third-order valence-corrected chi connectivity index (χ3v) is 8.20. The highest BCUT2D eigenvalue weighted by Crippen LogP contribution is 2.43. The zero-order chi connectivity index (χ0) is 22.0. The normalized spacial score (nSPS) is 16.4. The third-order valence-electron chi connectivity index (χ3n) is 5.55. The molecule has 1 aliphatic heterocycles. The van der Waals surface area contributed by atoms with Crippen LogP contribution in [0.25, 0.3) is 21.7 Å². The average Bonchev–Trinajstić information content (AvgIpc) is 3.21. The molecule has 2 N–H and O–H groups in total. The Hall–Kier alpha value is -2.20. The molecule has 2 aromatic heterocycles. The van der Waals surface area contributed by atoms with Crippen LogP contribution in [-0.2, 0) is 14.8 Å². The molecule has 164 valence electrons. The fraction of sp³-hybridized carbons (Fsp3) is 0.364. The van der Waals surface area contributed by atoms with E-state index in [-0.39, 0.29) is 23.5 Å². The monoisotopic (exact) mass is 461 g/mol. The van der Waals surface area contributed by atoms with Crippen molar-refractivity contribution in [2.45, 2.75) is 37.4 Å². The zero-order valence-corrected chi connectivity index (χ0v) is 18.8. The lowest BCUT2D eigenvalue weighted by atomic mass is 10.00. The first-order valence-electron chi connectivity index (χ1n) is 10.2. The second-order valence-electron chi connectivity index (χ2n) is 7.55. The first-order chi connectivity index (χ1) is 14.9. The van der Waals surface area contributed by atoms with Crippen molar-refractivity contribution < 1.29 is 17.5 Å². The number of halogens is 1. The van der Waals surface area contributed by atoms with Crippen LogP contribution in [0.15, 0.2) is 42.7 Å². The van der Waals surface area contributed by atoms with Crippen molar-refractivity contribution in [3.63, 3.8) is 0 Å². The van der Waals surface area contributed by atoms with E-state index in [4.69, 9.17) is 14.9 Å². The lowest BCUT2D eigenvalue weighted by Gasteiger charge is -2.19. The van der Waals surface area contributed by atoms with Gasteiger partial charge in [0.2, 0.25) is 10.0 Å². The van der Waals surface area contributed by atoms with Crippen LogP contribution >= 0.6 is 11.3 Å². The van der Waals surface area contributed by atoms with Crippen molar-refractivity contribution in [3.8, 4) is 21.7 Å². The Bertz CT molecular complexity index is 1160. The topological polar surface area (TPSA) is 95.2 Å². The largest absolute Gasteiger partial charge is 0.381 e. The fourth-order valence-corrected chi connectivity index (χ4v) is 6.20. The smallest absolute Gasteiger partial charge is 0.216 e. The van der Waals surface area contributed by atoms with Crippen molar-refractivity contribution in [2.75, 3.05) is 13.2 Å². The van der Waals surface area contributed by atoms with Gasteiger partial charge in [-0.25, -0.2) is 22.9 Å². The minimum Gasteiger partial charge on any atom is -0.381 e. The second kappa shape index (κ2) is 9.12. The van der Waals surface area contributed by atoms with Crippen LogP contribution in [0.3, 0.4) is 0 Å². The molecule has 1 fully saturated rings. The van der Waals surface area contributed by atoms with Gasteiger partial charge in [-0.2, -0.15) is 0 Å². The van der Waals surface area contributed by atoms with Gasteiger partial charge < -0.3 is 4.74 Å². The molecule has 0 aliphatic carbocycles. The van der Waals surface area contributed by atoms with Gasteiger partial charge in [-0.15, -0.1) is 11.3 Å². The van der Waals surface area contributed by atoms with E-state index in [2.05, 4.69) is 4.98 Å². The summed E-state index contributed by atoms with van der Waals surface area (Å²) in [7, 11) is -3.94. The Morgan fingerprint density at radius 2 is 1.94 bits per heavy atom. The third kappa shape index (κ3) is 4.55. The summed E-state index contributed by atoms with van der Waals surface area (Å²) in [5.74, 6) is -0.338. The summed E-state index contributed by atoms with van der Waals surface area (Å²) in [4.78, 5) is 9.76. The molecule has 1 unspecified atom stereocenters. The predicted molar refractivity (Wildman–Crippen MR) is 120 cm³/mol. The molecular weight excluding hydrogens is 437 g/mol. The van der Waals surface area contributed by atoms with Gasteiger partial charge in [0.15, 0.2) is 0 Å². The molecule has 4 rings (SSSR count). The van der Waals surface area contributed by atoms with Crippen LogP contribution in [-0.4, -0.2) is 31.6 Å². The number of nitrogens with two attached hydrogens (primary N) is 1. The van der Waals surface area contributed by atoms with Gasteiger partial charge >= 0.3 is 0 Å². The van der Waals surface area contributed by atoms with E-state index < -0.39 is 21.1 Å². The lowest BCUT2D eigenvalue weighted by molar-refractivity contribution is 0.0853. The lowest BCUT2D eigenvalue weighted by Crippen LogP contribution is -2.22. The van der Waals surface area contributed by atoms with Crippen molar-refractivity contribution in [1.82, 2.24) is 9.97 Å². The minimum atomic E-state index is -3.94. The van der Waals surface area contributed by atoms with E-state index >= 15 is 4.39 Å². The standard InChI is InChI=1S/C22H24FN3O3S2/c1-2-18(31(24,27)28)16-4-3-5-17(19(16)23)20-21(14-6-10-25-11-7-14)30-22(26-20)15-8-12-29-13-9-15/h3-7,10-11,15,18H,2,8-9,12-13H2,1H3,(H2,24,27,28). The van der Waals surface area contributed by atoms with Gasteiger partial charge in [0.1, 0.15) is 11.1 Å². The second-order valence-corrected chi connectivity index (χ2v) is 10.3. The van der Waals surface area contributed by atoms with Crippen LogP contribution in [0.1, 0.15) is 47.9 Å². The summed E-state index contributed by atoms with van der Waals surface area (Å²) in [5.41, 5.74) is 1.76. The van der Waals surface area contributed by atoms with E-state index in [1.54, 1.807) is 42.8 Å². The van der Waals surface area contributed by atoms with Crippen molar-refractivity contribution in [1.29, 1.82) is 0 Å². The number of aromatic nitrogens is 2. The maximum Gasteiger partial charge on any atom is 0.216 e. The molecule has 0 amide bonds. The maximum absolute atomic E-state index is 15.7. The number of rotatable bonds is 6. The van der Waals surface area contributed by atoms with E-state index in [0.717, 1.165) is 28.3 Å². The Kier molecular flexibility index (Phi) is 6.47. The van der Waals surface area contributed by atoms with E-state index in [9.17, 15) is 8.42 Å². The number of pyridine rings is 1. The summed E-state index contributed by atoms with van der Waals surface area (Å²) in [6.07, 6.45) is 5.30. The number of nitrogens with zero attached hydrogens (tertiary/aromatic N) is 2. The molecule has 1 saturated heterocycles. The van der Waals surface area contributed by atoms with Crippen LogP contribution < -0.4 is 5.14 Å². The first kappa shape index (κ1) is 22.0. The van der Waals surface area contributed by atoms with Crippen molar-refractivity contribution in [2.24, 2.45) is 5.14 Å². The maximum atomic E-state index is 15.7. The van der Waals surface area contributed by atoms with Gasteiger partial charge in [-0.3, -0.25) is 4.98 Å². The molecular formula is C22H24FN3O3S2. The fourth-order valence-electron chi connectivity index (χ4n) is 3.95. The number of thiazole rings is 1. The summed E-state index contributed by atoms with van der Waals surface area (Å²) in [5, 5.41) is 5.21. The number of hydrogen-bond acceptors (Lipinski definition) is 6. The van der Waals surface area contributed by atoms with Gasteiger partial charge in [-0.1, -0.05) is 19.1 Å². The molecule has 1 aliphatic rings. The zero-order valence-electron chi connectivity index (χ0n) is 17.1. The Morgan fingerprint density at radius 3 is 2.58 bits per heavy atom. The van der Waals surface area contributed by atoms with E-state index in [1.165, 1.54) is 6.07 Å². The number of primary sulfonamides is 1. The molecule has 1 aromatic carbocycles. The van der Waals surface area contributed by atoms with E-state index in [1.807, 2.05) is 12.1 Å².